The van der Waals surface area contributed by atoms with Crippen molar-refractivity contribution < 1.29 is 19.2 Å². The average Bonchev–Trinajstić information content (AvgIpc) is 2.64. The number of ketones is 1. The zero-order valence-corrected chi connectivity index (χ0v) is 9.88. The Bertz CT molecular complexity index is 572. The Morgan fingerprint density at radius 2 is 1.58 bits per heavy atom. The lowest BCUT2D eigenvalue weighted by Gasteiger charge is -2.27. The first-order valence-electron chi connectivity index (χ1n) is 5.88. The molecule has 0 radical (unpaired) electrons. The highest BCUT2D eigenvalue weighted by atomic mass is 16.2. The molecule has 0 spiro atoms. The number of Topliss-reactive ketones (excluding diaryl/α,β-unsaturated/α-hetero) is 1. The van der Waals surface area contributed by atoms with E-state index in [0.29, 0.717) is 0 Å². The molecule has 6 nitrogen and oxygen atoms in total. The van der Waals surface area contributed by atoms with Crippen LogP contribution >= 0.6 is 0 Å². The molecule has 1 fully saturated rings. The third kappa shape index (κ3) is 1.56. The number of hydrogen-bond acceptors (Lipinski definition) is 4. The minimum Gasteiger partial charge on any atom is -0.353 e. The molecule has 1 saturated heterocycles. The molecule has 96 valence electrons. The predicted octanol–water partition coefficient (Wildman–Crippen LogP) is -0.260. The third-order valence-corrected chi connectivity index (χ3v) is 3.31. The van der Waals surface area contributed by atoms with Crippen LogP contribution in [0.3, 0.4) is 0 Å². The summed E-state index contributed by atoms with van der Waals surface area (Å²) in [6.07, 6.45) is 0.129. The van der Waals surface area contributed by atoms with E-state index in [1.54, 1.807) is 12.1 Å². The summed E-state index contributed by atoms with van der Waals surface area (Å²) in [5.74, 6) is -2.17. The van der Waals surface area contributed by atoms with E-state index in [1.165, 1.54) is 12.1 Å². The zero-order chi connectivity index (χ0) is 13.6. The third-order valence-electron chi connectivity index (χ3n) is 3.31. The second kappa shape index (κ2) is 4.01. The lowest BCUT2D eigenvalue weighted by molar-refractivity contribution is -0.136. The van der Waals surface area contributed by atoms with E-state index in [2.05, 4.69) is 5.32 Å². The fourth-order valence-corrected chi connectivity index (χ4v) is 2.39. The Labute approximate surface area is 108 Å². The van der Waals surface area contributed by atoms with Crippen molar-refractivity contribution in [3.8, 4) is 0 Å². The molecule has 2 heterocycles. The number of benzene rings is 1. The molecule has 2 aliphatic heterocycles. The van der Waals surface area contributed by atoms with Crippen LogP contribution < -0.4 is 5.32 Å². The zero-order valence-electron chi connectivity index (χ0n) is 9.88. The largest absolute Gasteiger partial charge is 0.353 e. The second-order valence-electron chi connectivity index (χ2n) is 4.44. The quantitative estimate of drug-likeness (QED) is 0.555. The maximum absolute atomic E-state index is 12.2. The summed E-state index contributed by atoms with van der Waals surface area (Å²) in [5, 5.41) is 2.50. The number of nitrogens with one attached hydrogen (secondary N) is 1. The number of amides is 3. The molecule has 0 bridgehead atoms. The van der Waals surface area contributed by atoms with Crippen molar-refractivity contribution in [1.29, 1.82) is 0 Å². The molecule has 0 aliphatic carbocycles. The van der Waals surface area contributed by atoms with Gasteiger partial charge in [-0.25, -0.2) is 0 Å². The molecular weight excluding hydrogens is 248 g/mol. The number of imide groups is 1. The molecule has 3 rings (SSSR count). The standard InChI is InChI=1S/C13H10N2O4/c16-9-5-6-14-11(17)10(9)15-12(18)7-3-1-2-4-8(7)13(15)19/h1-4,10H,5-6H2,(H,14,17). The summed E-state index contributed by atoms with van der Waals surface area (Å²) in [6.45, 7) is 0.247. The molecule has 1 unspecified atom stereocenters. The molecule has 19 heavy (non-hydrogen) atoms. The van der Waals surface area contributed by atoms with E-state index in [9.17, 15) is 19.2 Å². The Morgan fingerprint density at radius 3 is 2.11 bits per heavy atom. The highest BCUT2D eigenvalue weighted by Crippen LogP contribution is 2.25. The summed E-state index contributed by atoms with van der Waals surface area (Å²) in [7, 11) is 0. The lowest BCUT2D eigenvalue weighted by Crippen LogP contribution is -2.57. The van der Waals surface area contributed by atoms with Gasteiger partial charge in [0.1, 0.15) is 0 Å². The first-order valence-corrected chi connectivity index (χ1v) is 5.88. The van der Waals surface area contributed by atoms with Crippen LogP contribution in [0.1, 0.15) is 27.1 Å². The Balaban J connectivity index is 2.04. The number of piperidine rings is 1. The van der Waals surface area contributed by atoms with Gasteiger partial charge >= 0.3 is 0 Å². The average molecular weight is 258 g/mol. The van der Waals surface area contributed by atoms with Crippen LogP contribution in [0, 0.1) is 0 Å². The molecule has 0 aromatic heterocycles. The van der Waals surface area contributed by atoms with Crippen molar-refractivity contribution in [2.75, 3.05) is 6.54 Å². The molecule has 1 aromatic rings. The van der Waals surface area contributed by atoms with Gasteiger partial charge in [-0.15, -0.1) is 0 Å². The number of rotatable bonds is 1. The summed E-state index contributed by atoms with van der Waals surface area (Å²) in [5.41, 5.74) is 0.470. The van der Waals surface area contributed by atoms with E-state index in [1.807, 2.05) is 0 Å². The van der Waals surface area contributed by atoms with E-state index < -0.39 is 29.5 Å². The summed E-state index contributed by atoms with van der Waals surface area (Å²) >= 11 is 0. The number of carbonyl (C=O) groups is 4. The minimum atomic E-state index is -1.33. The van der Waals surface area contributed by atoms with Crippen molar-refractivity contribution in [1.82, 2.24) is 10.2 Å². The normalized spacial score (nSPS) is 22.5. The van der Waals surface area contributed by atoms with Gasteiger partial charge in [0.05, 0.1) is 11.1 Å². The van der Waals surface area contributed by atoms with Crippen molar-refractivity contribution in [2.45, 2.75) is 12.5 Å². The van der Waals surface area contributed by atoms with Gasteiger partial charge in [0.15, 0.2) is 11.8 Å². The van der Waals surface area contributed by atoms with Gasteiger partial charge in [-0.1, -0.05) is 12.1 Å². The summed E-state index contributed by atoms with van der Waals surface area (Å²) < 4.78 is 0. The Morgan fingerprint density at radius 1 is 1.00 bits per heavy atom. The fourth-order valence-electron chi connectivity index (χ4n) is 2.39. The molecule has 2 aliphatic rings. The number of hydrogen-bond donors (Lipinski definition) is 1. The maximum Gasteiger partial charge on any atom is 0.262 e. The van der Waals surface area contributed by atoms with Crippen LogP contribution in [0.4, 0.5) is 0 Å². The van der Waals surface area contributed by atoms with E-state index in [0.717, 1.165) is 4.90 Å². The molecule has 1 N–H and O–H groups in total. The fraction of sp³-hybridized carbons (Fsp3) is 0.231. The highest BCUT2D eigenvalue weighted by molar-refractivity contribution is 6.26. The monoisotopic (exact) mass is 258 g/mol. The molecule has 1 aromatic carbocycles. The number of nitrogens with zero attached hydrogens (tertiary/aromatic N) is 1. The van der Waals surface area contributed by atoms with Gasteiger partial charge in [0, 0.05) is 13.0 Å². The van der Waals surface area contributed by atoms with Gasteiger partial charge in [-0.2, -0.15) is 0 Å². The van der Waals surface area contributed by atoms with E-state index in [4.69, 9.17) is 0 Å². The minimum absolute atomic E-state index is 0.129. The first-order chi connectivity index (χ1) is 9.11. The molecule has 0 saturated carbocycles. The summed E-state index contributed by atoms with van der Waals surface area (Å²) in [4.78, 5) is 48.7. The Hall–Kier alpha value is -2.50. The number of fused-ring (bicyclic) bond motifs is 1. The predicted molar refractivity (Wildman–Crippen MR) is 63.4 cm³/mol. The van der Waals surface area contributed by atoms with Gasteiger partial charge in [0.2, 0.25) is 0 Å². The van der Waals surface area contributed by atoms with Crippen molar-refractivity contribution in [3.05, 3.63) is 35.4 Å². The van der Waals surface area contributed by atoms with Crippen LogP contribution in [0.2, 0.25) is 0 Å². The van der Waals surface area contributed by atoms with Gasteiger partial charge in [-0.05, 0) is 12.1 Å². The van der Waals surface area contributed by atoms with Crippen LogP contribution in [0.5, 0.6) is 0 Å². The van der Waals surface area contributed by atoms with Crippen molar-refractivity contribution >= 4 is 23.5 Å². The van der Waals surface area contributed by atoms with Gasteiger partial charge < -0.3 is 5.32 Å². The molecule has 6 heteroatoms. The van der Waals surface area contributed by atoms with E-state index >= 15 is 0 Å². The second-order valence-corrected chi connectivity index (χ2v) is 4.44. The molecular formula is C13H10N2O4. The maximum atomic E-state index is 12.2. The molecule has 3 amide bonds. The van der Waals surface area contributed by atoms with Crippen LogP contribution in [0.15, 0.2) is 24.3 Å². The van der Waals surface area contributed by atoms with E-state index in [-0.39, 0.29) is 24.1 Å². The lowest BCUT2D eigenvalue weighted by atomic mass is 10.0. The number of carbonyl (C=O) groups excluding carboxylic acids is 4. The van der Waals surface area contributed by atoms with Crippen molar-refractivity contribution in [3.63, 3.8) is 0 Å². The SMILES string of the molecule is O=C1CCNC(=O)C1N1C(=O)c2ccccc2C1=O. The topological polar surface area (TPSA) is 83.6 Å². The van der Waals surface area contributed by atoms with Crippen LogP contribution in [-0.2, 0) is 9.59 Å². The van der Waals surface area contributed by atoms with Crippen molar-refractivity contribution in [2.24, 2.45) is 0 Å². The first kappa shape index (κ1) is 11.6. The van der Waals surface area contributed by atoms with Gasteiger partial charge in [-0.3, -0.25) is 24.1 Å². The smallest absolute Gasteiger partial charge is 0.262 e. The van der Waals surface area contributed by atoms with Crippen LogP contribution in [-0.4, -0.2) is 41.0 Å². The van der Waals surface area contributed by atoms with Crippen LogP contribution in [0.25, 0.3) is 0 Å². The van der Waals surface area contributed by atoms with Gasteiger partial charge in [0.25, 0.3) is 17.7 Å². The Kier molecular flexibility index (Phi) is 2.45. The molecule has 1 atom stereocenters. The summed E-state index contributed by atoms with van der Waals surface area (Å²) in [6, 6.07) is 4.97. The highest BCUT2D eigenvalue weighted by Gasteiger charge is 2.46.